The Bertz CT molecular complexity index is 1000. The molecule has 2 aromatic rings. The Kier molecular flexibility index (Phi) is 6.56. The molecule has 1 aliphatic rings. The number of ketones is 1. The van der Waals surface area contributed by atoms with Gasteiger partial charge in [0.2, 0.25) is 0 Å². The Balaban J connectivity index is 1.48. The molecule has 0 heterocycles. The van der Waals surface area contributed by atoms with Crippen LogP contribution in [0.3, 0.4) is 0 Å². The van der Waals surface area contributed by atoms with E-state index in [1.165, 1.54) is 42.3 Å². The molecule has 0 radical (unpaired) electrons. The average molecular weight is 410 g/mol. The van der Waals surface area contributed by atoms with Gasteiger partial charge in [0.1, 0.15) is 0 Å². The third kappa shape index (κ3) is 5.28. The largest absolute Gasteiger partial charge is 0.453 e. The maximum atomic E-state index is 12.4. The molecule has 0 aliphatic heterocycles. The summed E-state index contributed by atoms with van der Waals surface area (Å²) < 4.78 is 5.09. The molecule has 30 heavy (non-hydrogen) atoms. The number of hydrogen-bond acceptors (Lipinski definition) is 6. The average Bonchev–Trinajstić information content (AvgIpc) is 3.20. The third-order valence-electron chi connectivity index (χ3n) is 4.98. The van der Waals surface area contributed by atoms with Crippen LogP contribution >= 0.6 is 0 Å². The number of ether oxygens (including phenoxy) is 1. The molecule has 0 bridgehead atoms. The fourth-order valence-corrected chi connectivity index (χ4v) is 3.36. The molecule has 2 aromatic carbocycles. The number of nitro groups is 1. The van der Waals surface area contributed by atoms with Gasteiger partial charge in [-0.1, -0.05) is 18.2 Å². The molecule has 1 amide bonds. The minimum atomic E-state index is -1.10. The number of esters is 1. The Morgan fingerprint density at radius 3 is 2.63 bits per heavy atom. The summed E-state index contributed by atoms with van der Waals surface area (Å²) in [7, 11) is 0. The first kappa shape index (κ1) is 21.2. The number of Topliss-reactive ketones (excluding diaryl/α,β-unsaturated/α-hetero) is 1. The topological polar surface area (TPSA) is 116 Å². The van der Waals surface area contributed by atoms with Crippen LogP contribution in [0.4, 0.5) is 11.4 Å². The van der Waals surface area contributed by atoms with Crippen LogP contribution in [0.15, 0.2) is 42.5 Å². The van der Waals surface area contributed by atoms with E-state index in [0.717, 1.165) is 19.3 Å². The number of anilines is 1. The van der Waals surface area contributed by atoms with Crippen LogP contribution in [-0.4, -0.2) is 28.7 Å². The SMILES string of the molecule is CC(OC(=O)CCC(=O)c1ccc2c(c1)CCC2)C(=O)Nc1cccc([N+](=O)[O-])c1. The van der Waals surface area contributed by atoms with Gasteiger partial charge in [0.25, 0.3) is 11.6 Å². The number of carbonyl (C=O) groups is 3. The third-order valence-corrected chi connectivity index (χ3v) is 4.98. The van der Waals surface area contributed by atoms with Crippen LogP contribution in [0.1, 0.15) is 47.7 Å². The maximum Gasteiger partial charge on any atom is 0.307 e. The number of benzene rings is 2. The second kappa shape index (κ2) is 9.30. The predicted octanol–water partition coefficient (Wildman–Crippen LogP) is 3.62. The van der Waals surface area contributed by atoms with Crippen molar-refractivity contribution in [3.63, 3.8) is 0 Å². The van der Waals surface area contributed by atoms with Crippen LogP contribution in [0.25, 0.3) is 0 Å². The second-order valence-electron chi connectivity index (χ2n) is 7.19. The highest BCUT2D eigenvalue weighted by Crippen LogP contribution is 2.23. The number of hydrogen-bond donors (Lipinski definition) is 1. The van der Waals surface area contributed by atoms with Crippen molar-refractivity contribution in [2.45, 2.75) is 45.1 Å². The molecule has 1 N–H and O–H groups in total. The number of non-ortho nitro benzene ring substituents is 1. The van der Waals surface area contributed by atoms with Gasteiger partial charge in [0.15, 0.2) is 11.9 Å². The molecule has 1 atom stereocenters. The lowest BCUT2D eigenvalue weighted by Crippen LogP contribution is -2.30. The lowest BCUT2D eigenvalue weighted by Gasteiger charge is -2.13. The number of carbonyl (C=O) groups excluding carboxylic acids is 3. The van der Waals surface area contributed by atoms with E-state index in [2.05, 4.69) is 5.32 Å². The van der Waals surface area contributed by atoms with Crippen molar-refractivity contribution in [1.82, 2.24) is 0 Å². The van der Waals surface area contributed by atoms with Gasteiger partial charge in [-0.05, 0) is 49.4 Å². The van der Waals surface area contributed by atoms with E-state index in [4.69, 9.17) is 4.74 Å². The summed E-state index contributed by atoms with van der Waals surface area (Å²) in [5, 5.41) is 13.3. The number of nitrogens with zero attached hydrogens (tertiary/aromatic N) is 1. The van der Waals surface area contributed by atoms with Gasteiger partial charge in [0, 0.05) is 29.8 Å². The van der Waals surface area contributed by atoms with Gasteiger partial charge in [-0.15, -0.1) is 0 Å². The minimum absolute atomic E-state index is 0.00314. The van der Waals surface area contributed by atoms with Gasteiger partial charge in [-0.3, -0.25) is 24.5 Å². The van der Waals surface area contributed by atoms with E-state index in [1.807, 2.05) is 12.1 Å². The number of nitrogens with one attached hydrogen (secondary N) is 1. The monoisotopic (exact) mass is 410 g/mol. The molecule has 1 unspecified atom stereocenters. The van der Waals surface area contributed by atoms with Gasteiger partial charge in [-0.2, -0.15) is 0 Å². The summed E-state index contributed by atoms with van der Waals surface area (Å²) in [5.74, 6) is -1.42. The molecule has 0 spiro atoms. The van der Waals surface area contributed by atoms with Gasteiger partial charge < -0.3 is 10.1 Å². The number of amides is 1. The van der Waals surface area contributed by atoms with Crippen LogP contribution < -0.4 is 5.32 Å². The molecule has 8 heteroatoms. The highest BCUT2D eigenvalue weighted by molar-refractivity contribution is 5.98. The van der Waals surface area contributed by atoms with Crippen molar-refractivity contribution in [3.8, 4) is 0 Å². The van der Waals surface area contributed by atoms with Crippen LogP contribution in [0.2, 0.25) is 0 Å². The Hall–Kier alpha value is -3.55. The van der Waals surface area contributed by atoms with Gasteiger partial charge in [0.05, 0.1) is 11.3 Å². The lowest BCUT2D eigenvalue weighted by atomic mass is 10.0. The number of nitro benzene ring substituents is 1. The van der Waals surface area contributed by atoms with Crippen molar-refractivity contribution in [1.29, 1.82) is 0 Å². The fraction of sp³-hybridized carbons (Fsp3) is 0.318. The predicted molar refractivity (Wildman–Crippen MR) is 109 cm³/mol. The normalized spacial score (nSPS) is 13.2. The molecule has 0 fully saturated rings. The van der Waals surface area contributed by atoms with E-state index in [9.17, 15) is 24.5 Å². The molecule has 156 valence electrons. The summed E-state index contributed by atoms with van der Waals surface area (Å²) in [4.78, 5) is 46.8. The molecule has 1 aliphatic carbocycles. The molecule has 0 aromatic heterocycles. The van der Waals surface area contributed by atoms with Gasteiger partial charge in [-0.25, -0.2) is 0 Å². The molecule has 8 nitrogen and oxygen atoms in total. The van der Waals surface area contributed by atoms with E-state index >= 15 is 0 Å². The Morgan fingerprint density at radius 2 is 1.87 bits per heavy atom. The quantitative estimate of drug-likeness (QED) is 0.308. The summed E-state index contributed by atoms with van der Waals surface area (Å²) >= 11 is 0. The highest BCUT2D eigenvalue weighted by Gasteiger charge is 2.20. The van der Waals surface area contributed by atoms with E-state index < -0.39 is 22.9 Å². The number of aryl methyl sites for hydroxylation is 2. The van der Waals surface area contributed by atoms with Crippen molar-refractivity contribution < 1.29 is 24.0 Å². The van der Waals surface area contributed by atoms with Crippen molar-refractivity contribution >= 4 is 29.0 Å². The number of fused-ring (bicyclic) bond motifs is 1. The first-order valence-corrected chi connectivity index (χ1v) is 9.73. The molecular formula is C22H22N2O6. The number of rotatable bonds is 8. The first-order valence-electron chi connectivity index (χ1n) is 9.73. The molecule has 3 rings (SSSR count). The van der Waals surface area contributed by atoms with Crippen LogP contribution in [0, 0.1) is 10.1 Å². The molecular weight excluding hydrogens is 388 g/mol. The van der Waals surface area contributed by atoms with Crippen LogP contribution in [0.5, 0.6) is 0 Å². The fourth-order valence-electron chi connectivity index (χ4n) is 3.36. The Labute approximate surface area is 173 Å². The second-order valence-corrected chi connectivity index (χ2v) is 7.19. The first-order chi connectivity index (χ1) is 14.3. The van der Waals surface area contributed by atoms with E-state index in [-0.39, 0.29) is 30.0 Å². The zero-order valence-corrected chi connectivity index (χ0v) is 16.6. The minimum Gasteiger partial charge on any atom is -0.453 e. The summed E-state index contributed by atoms with van der Waals surface area (Å²) in [6, 6.07) is 11.1. The zero-order chi connectivity index (χ0) is 21.7. The van der Waals surface area contributed by atoms with E-state index in [0.29, 0.717) is 5.56 Å². The van der Waals surface area contributed by atoms with Gasteiger partial charge >= 0.3 is 5.97 Å². The lowest BCUT2D eigenvalue weighted by molar-refractivity contribution is -0.384. The highest BCUT2D eigenvalue weighted by atomic mass is 16.6. The summed E-state index contributed by atoms with van der Waals surface area (Å²) in [6.45, 7) is 1.40. The zero-order valence-electron chi connectivity index (χ0n) is 16.6. The standard InChI is InChI=1S/C22H22N2O6/c1-14(22(27)23-18-6-3-7-19(13-18)24(28)29)30-21(26)11-10-20(25)17-9-8-15-4-2-5-16(15)12-17/h3,6-9,12-14H,2,4-5,10-11H2,1H3,(H,23,27). The van der Waals surface area contributed by atoms with Crippen molar-refractivity contribution in [2.75, 3.05) is 5.32 Å². The molecule has 0 saturated heterocycles. The van der Waals surface area contributed by atoms with Crippen molar-refractivity contribution in [3.05, 3.63) is 69.3 Å². The van der Waals surface area contributed by atoms with Crippen LogP contribution in [-0.2, 0) is 27.2 Å². The Morgan fingerprint density at radius 1 is 1.10 bits per heavy atom. The molecule has 0 saturated carbocycles. The summed E-state index contributed by atoms with van der Waals surface area (Å²) in [5.41, 5.74) is 3.11. The van der Waals surface area contributed by atoms with Crippen molar-refractivity contribution in [2.24, 2.45) is 0 Å². The maximum absolute atomic E-state index is 12.4. The van der Waals surface area contributed by atoms with E-state index in [1.54, 1.807) is 6.07 Å². The smallest absolute Gasteiger partial charge is 0.307 e. The summed E-state index contributed by atoms with van der Waals surface area (Å²) in [6.07, 6.45) is 1.85.